The normalized spacial score (nSPS) is 12.3. The van der Waals surface area contributed by atoms with Crippen molar-refractivity contribution in [1.29, 1.82) is 0 Å². The van der Waals surface area contributed by atoms with Crippen molar-refractivity contribution in [3.63, 3.8) is 0 Å². The molecule has 0 bridgehead atoms. The van der Waals surface area contributed by atoms with Gasteiger partial charge in [0, 0.05) is 10.9 Å². The standard InChI is InChI=1S/C11H12Br2O2/c1-7(13)11(14)10-4-3-9(15-2)5-8(10)6-12/h3-5,7H,6H2,1-2H3. The summed E-state index contributed by atoms with van der Waals surface area (Å²) in [4.78, 5) is 11.7. The number of carbonyl (C=O) groups excluding carboxylic acids is 1. The lowest BCUT2D eigenvalue weighted by molar-refractivity contribution is 0.0995. The van der Waals surface area contributed by atoms with Gasteiger partial charge in [0.25, 0.3) is 0 Å². The Morgan fingerprint density at radius 2 is 2.20 bits per heavy atom. The van der Waals surface area contributed by atoms with E-state index in [0.717, 1.165) is 16.9 Å². The lowest BCUT2D eigenvalue weighted by Crippen LogP contribution is -2.12. The Labute approximate surface area is 106 Å². The molecule has 0 aliphatic rings. The summed E-state index contributed by atoms with van der Waals surface area (Å²) >= 11 is 6.65. The number of Topliss-reactive ketones (excluding diaryl/α,β-unsaturated/α-hetero) is 1. The minimum absolute atomic E-state index is 0.0899. The number of benzene rings is 1. The molecule has 0 aromatic heterocycles. The van der Waals surface area contributed by atoms with Gasteiger partial charge in [0.2, 0.25) is 0 Å². The van der Waals surface area contributed by atoms with Gasteiger partial charge in [-0.15, -0.1) is 0 Å². The van der Waals surface area contributed by atoms with E-state index in [0.29, 0.717) is 5.33 Å². The lowest BCUT2D eigenvalue weighted by atomic mass is 10.0. The van der Waals surface area contributed by atoms with Gasteiger partial charge in [-0.2, -0.15) is 0 Å². The Bertz CT molecular complexity index is 362. The molecule has 0 aliphatic carbocycles. The molecule has 0 saturated heterocycles. The van der Waals surface area contributed by atoms with Crippen LogP contribution in [0.3, 0.4) is 0 Å². The molecular formula is C11H12Br2O2. The number of hydrogen-bond acceptors (Lipinski definition) is 2. The number of carbonyl (C=O) groups is 1. The fourth-order valence-corrected chi connectivity index (χ4v) is 1.97. The number of halogens is 2. The number of methoxy groups -OCH3 is 1. The second kappa shape index (κ2) is 5.66. The summed E-state index contributed by atoms with van der Waals surface area (Å²) in [7, 11) is 1.61. The largest absolute Gasteiger partial charge is 0.497 e. The molecule has 0 saturated carbocycles. The van der Waals surface area contributed by atoms with Crippen LogP contribution in [0.15, 0.2) is 18.2 Å². The smallest absolute Gasteiger partial charge is 0.176 e. The molecule has 1 atom stereocenters. The van der Waals surface area contributed by atoms with Gasteiger partial charge < -0.3 is 4.74 Å². The maximum absolute atomic E-state index is 11.8. The van der Waals surface area contributed by atoms with E-state index in [-0.39, 0.29) is 10.6 Å². The summed E-state index contributed by atoms with van der Waals surface area (Å²) in [6.07, 6.45) is 0. The van der Waals surface area contributed by atoms with Crippen molar-refractivity contribution in [2.24, 2.45) is 0 Å². The van der Waals surface area contributed by atoms with Gasteiger partial charge in [-0.1, -0.05) is 31.9 Å². The van der Waals surface area contributed by atoms with Gasteiger partial charge in [-0.25, -0.2) is 0 Å². The van der Waals surface area contributed by atoms with E-state index in [1.54, 1.807) is 19.2 Å². The number of hydrogen-bond donors (Lipinski definition) is 0. The molecule has 0 amide bonds. The summed E-state index contributed by atoms with van der Waals surface area (Å²) in [5.74, 6) is 0.857. The zero-order chi connectivity index (χ0) is 11.4. The van der Waals surface area contributed by atoms with E-state index in [9.17, 15) is 4.79 Å². The van der Waals surface area contributed by atoms with Crippen LogP contribution < -0.4 is 4.74 Å². The fourth-order valence-electron chi connectivity index (χ4n) is 1.26. The first kappa shape index (κ1) is 12.7. The average Bonchev–Trinajstić information content (AvgIpc) is 2.27. The topological polar surface area (TPSA) is 26.3 Å². The molecule has 1 aromatic carbocycles. The van der Waals surface area contributed by atoms with Crippen LogP contribution in [0.1, 0.15) is 22.8 Å². The summed E-state index contributed by atoms with van der Waals surface area (Å²) < 4.78 is 5.11. The van der Waals surface area contributed by atoms with E-state index >= 15 is 0 Å². The summed E-state index contributed by atoms with van der Waals surface area (Å²) in [6.45, 7) is 1.82. The number of rotatable bonds is 4. The van der Waals surface area contributed by atoms with Crippen LogP contribution in [0.4, 0.5) is 0 Å². The maximum Gasteiger partial charge on any atom is 0.176 e. The van der Waals surface area contributed by atoms with Crippen molar-refractivity contribution in [3.8, 4) is 5.75 Å². The van der Waals surface area contributed by atoms with Gasteiger partial charge in [0.05, 0.1) is 11.9 Å². The Morgan fingerprint density at radius 3 is 2.67 bits per heavy atom. The molecule has 0 spiro atoms. The molecule has 4 heteroatoms. The van der Waals surface area contributed by atoms with Gasteiger partial charge in [-0.3, -0.25) is 4.79 Å². The Kier molecular flexibility index (Phi) is 4.80. The fraction of sp³-hybridized carbons (Fsp3) is 0.364. The quantitative estimate of drug-likeness (QED) is 0.621. The van der Waals surface area contributed by atoms with E-state index < -0.39 is 0 Å². The molecular weight excluding hydrogens is 324 g/mol. The first-order chi connectivity index (χ1) is 7.10. The van der Waals surface area contributed by atoms with E-state index in [1.165, 1.54) is 0 Å². The van der Waals surface area contributed by atoms with Crippen LogP contribution in [0.25, 0.3) is 0 Å². The van der Waals surface area contributed by atoms with Crippen molar-refractivity contribution in [2.75, 3.05) is 7.11 Å². The zero-order valence-corrected chi connectivity index (χ0v) is 11.8. The molecule has 1 rings (SSSR count). The lowest BCUT2D eigenvalue weighted by Gasteiger charge is -2.09. The van der Waals surface area contributed by atoms with Gasteiger partial charge in [0.1, 0.15) is 5.75 Å². The molecule has 0 radical (unpaired) electrons. The predicted molar refractivity (Wildman–Crippen MR) is 68.3 cm³/mol. The van der Waals surface area contributed by atoms with Crippen molar-refractivity contribution < 1.29 is 9.53 Å². The summed E-state index contributed by atoms with van der Waals surface area (Å²) in [5.41, 5.74) is 1.68. The van der Waals surface area contributed by atoms with Crippen molar-refractivity contribution in [3.05, 3.63) is 29.3 Å². The highest BCUT2D eigenvalue weighted by Crippen LogP contribution is 2.22. The van der Waals surface area contributed by atoms with E-state index in [1.807, 2.05) is 13.0 Å². The van der Waals surface area contributed by atoms with Gasteiger partial charge in [0.15, 0.2) is 5.78 Å². The summed E-state index contributed by atoms with van der Waals surface area (Å²) in [5, 5.41) is 0.644. The molecule has 82 valence electrons. The highest BCUT2D eigenvalue weighted by molar-refractivity contribution is 9.10. The van der Waals surface area contributed by atoms with Crippen LogP contribution in [-0.4, -0.2) is 17.7 Å². The average molecular weight is 336 g/mol. The number of ether oxygens (including phenoxy) is 1. The number of alkyl halides is 2. The minimum Gasteiger partial charge on any atom is -0.497 e. The van der Waals surface area contributed by atoms with Crippen LogP contribution in [-0.2, 0) is 5.33 Å². The molecule has 2 nitrogen and oxygen atoms in total. The summed E-state index contributed by atoms with van der Waals surface area (Å²) in [6, 6.07) is 5.47. The molecule has 0 N–H and O–H groups in total. The van der Waals surface area contributed by atoms with E-state index in [2.05, 4.69) is 31.9 Å². The van der Waals surface area contributed by atoms with Crippen LogP contribution in [0, 0.1) is 0 Å². The molecule has 1 aromatic rings. The molecule has 0 aliphatic heterocycles. The predicted octanol–water partition coefficient (Wildman–Crippen LogP) is 3.56. The van der Waals surface area contributed by atoms with Crippen LogP contribution >= 0.6 is 31.9 Å². The third-order valence-electron chi connectivity index (χ3n) is 2.08. The van der Waals surface area contributed by atoms with Gasteiger partial charge in [-0.05, 0) is 30.7 Å². The van der Waals surface area contributed by atoms with Crippen molar-refractivity contribution in [1.82, 2.24) is 0 Å². The third-order valence-corrected chi connectivity index (χ3v) is 3.10. The molecule has 0 fully saturated rings. The molecule has 15 heavy (non-hydrogen) atoms. The minimum atomic E-state index is -0.163. The second-order valence-electron chi connectivity index (χ2n) is 3.14. The molecule has 0 heterocycles. The monoisotopic (exact) mass is 334 g/mol. The second-order valence-corrected chi connectivity index (χ2v) is 5.07. The van der Waals surface area contributed by atoms with Crippen molar-refractivity contribution >= 4 is 37.6 Å². The maximum atomic E-state index is 11.8. The Morgan fingerprint density at radius 1 is 1.53 bits per heavy atom. The Balaban J connectivity index is 3.13. The highest BCUT2D eigenvalue weighted by atomic mass is 79.9. The van der Waals surface area contributed by atoms with Crippen molar-refractivity contribution in [2.45, 2.75) is 17.1 Å². The Hall–Kier alpha value is -0.350. The third kappa shape index (κ3) is 3.05. The number of ketones is 1. The van der Waals surface area contributed by atoms with Gasteiger partial charge >= 0.3 is 0 Å². The first-order valence-corrected chi connectivity index (χ1v) is 6.55. The van der Waals surface area contributed by atoms with E-state index in [4.69, 9.17) is 4.74 Å². The SMILES string of the molecule is COc1ccc(C(=O)C(C)Br)c(CBr)c1. The zero-order valence-electron chi connectivity index (χ0n) is 8.59. The van der Waals surface area contributed by atoms with Crippen LogP contribution in [0.5, 0.6) is 5.75 Å². The molecule has 1 unspecified atom stereocenters. The highest BCUT2D eigenvalue weighted by Gasteiger charge is 2.15. The first-order valence-electron chi connectivity index (χ1n) is 4.51. The van der Waals surface area contributed by atoms with Crippen LogP contribution in [0.2, 0.25) is 0 Å².